The van der Waals surface area contributed by atoms with Gasteiger partial charge in [0.15, 0.2) is 0 Å². The molecule has 0 amide bonds. The van der Waals surface area contributed by atoms with Gasteiger partial charge in [0.25, 0.3) is 0 Å². The van der Waals surface area contributed by atoms with Crippen molar-refractivity contribution >= 4 is 0 Å². The molecule has 1 unspecified atom stereocenters. The Morgan fingerprint density at radius 3 is 3.43 bits per heavy atom. The second kappa shape index (κ2) is 3.15. The van der Waals surface area contributed by atoms with Crippen LogP contribution in [0.4, 0.5) is 0 Å². The maximum absolute atomic E-state index is 3.10. The van der Waals surface area contributed by atoms with Crippen molar-refractivity contribution in [3.05, 3.63) is 35.7 Å². The number of hydrogen-bond donors (Lipinski definition) is 3. The summed E-state index contributed by atoms with van der Waals surface area (Å²) in [4.78, 5) is 0. The van der Waals surface area contributed by atoms with E-state index in [1.807, 2.05) is 0 Å². The van der Waals surface area contributed by atoms with Gasteiger partial charge in [0.1, 0.15) is 5.82 Å². The molecule has 0 bridgehead atoms. The molecule has 3 aliphatic rings. The second-order valence-electron chi connectivity index (χ2n) is 3.80. The van der Waals surface area contributed by atoms with E-state index in [1.165, 1.54) is 24.8 Å². The number of hydrogen-bond acceptors (Lipinski definition) is 4. The third kappa shape index (κ3) is 1.15. The lowest BCUT2D eigenvalue weighted by Crippen LogP contribution is -2.42. The Balaban J connectivity index is 1.94. The largest absolute Gasteiger partial charge is 0.291 e. The molecule has 4 heteroatoms. The fourth-order valence-corrected chi connectivity index (χ4v) is 2.19. The number of hydrazine groups is 3. The van der Waals surface area contributed by atoms with Gasteiger partial charge in [0.05, 0.1) is 6.04 Å². The van der Waals surface area contributed by atoms with Gasteiger partial charge in [-0.25, -0.2) is 0 Å². The molecule has 0 spiro atoms. The van der Waals surface area contributed by atoms with Crippen LogP contribution >= 0.6 is 0 Å². The summed E-state index contributed by atoms with van der Waals surface area (Å²) in [5, 5.41) is 2.16. The highest BCUT2D eigenvalue weighted by Crippen LogP contribution is 2.29. The number of nitrogens with zero attached hydrogens (tertiary/aromatic N) is 1. The predicted molar refractivity (Wildman–Crippen MR) is 54.2 cm³/mol. The van der Waals surface area contributed by atoms with Gasteiger partial charge < -0.3 is 0 Å². The molecular formula is C10H14N4. The molecule has 3 N–H and O–H groups in total. The number of nitrogens with one attached hydrogen (secondary N) is 3. The van der Waals surface area contributed by atoms with E-state index in [2.05, 4.69) is 45.8 Å². The normalized spacial score (nSPS) is 35.7. The summed E-state index contributed by atoms with van der Waals surface area (Å²) in [7, 11) is 0. The summed E-state index contributed by atoms with van der Waals surface area (Å²) in [5.74, 6) is 1.12. The zero-order valence-corrected chi connectivity index (χ0v) is 7.96. The van der Waals surface area contributed by atoms with Crippen molar-refractivity contribution in [1.29, 1.82) is 0 Å². The van der Waals surface area contributed by atoms with Crippen molar-refractivity contribution < 1.29 is 0 Å². The van der Waals surface area contributed by atoms with Crippen molar-refractivity contribution in [3.8, 4) is 0 Å². The molecule has 0 radical (unpaired) electrons. The molecule has 14 heavy (non-hydrogen) atoms. The summed E-state index contributed by atoms with van der Waals surface area (Å²) in [6.07, 6.45) is 12.4. The number of rotatable bonds is 0. The third-order valence-corrected chi connectivity index (χ3v) is 2.90. The molecule has 2 heterocycles. The van der Waals surface area contributed by atoms with Gasteiger partial charge in [-0.3, -0.25) is 10.4 Å². The Hall–Kier alpha value is -1.26. The highest BCUT2D eigenvalue weighted by molar-refractivity contribution is 5.38. The lowest BCUT2D eigenvalue weighted by atomic mass is 10.0. The molecule has 1 saturated heterocycles. The summed E-state index contributed by atoms with van der Waals surface area (Å²) in [6.45, 7) is 0. The van der Waals surface area contributed by atoms with Gasteiger partial charge in [-0.1, -0.05) is 18.2 Å². The Bertz CT molecular complexity index is 329. The predicted octanol–water partition coefficient (Wildman–Crippen LogP) is 0.706. The van der Waals surface area contributed by atoms with Crippen molar-refractivity contribution in [1.82, 2.24) is 21.5 Å². The van der Waals surface area contributed by atoms with Gasteiger partial charge in [-0.15, -0.1) is 5.53 Å². The van der Waals surface area contributed by atoms with Gasteiger partial charge in [0.2, 0.25) is 0 Å². The molecule has 3 rings (SSSR count). The topological polar surface area (TPSA) is 39.3 Å². The minimum Gasteiger partial charge on any atom is -0.291 e. The molecule has 1 fully saturated rings. The molecule has 0 aromatic rings. The summed E-state index contributed by atoms with van der Waals surface area (Å²) >= 11 is 0. The van der Waals surface area contributed by atoms with Crippen molar-refractivity contribution in [3.63, 3.8) is 0 Å². The quantitative estimate of drug-likeness (QED) is 0.526. The molecule has 2 aliphatic heterocycles. The van der Waals surface area contributed by atoms with Gasteiger partial charge in [0, 0.05) is 0 Å². The molecule has 0 saturated carbocycles. The van der Waals surface area contributed by atoms with E-state index in [4.69, 9.17) is 0 Å². The van der Waals surface area contributed by atoms with Crippen LogP contribution < -0.4 is 16.5 Å². The molecule has 1 aliphatic carbocycles. The van der Waals surface area contributed by atoms with Crippen LogP contribution in [0.25, 0.3) is 0 Å². The van der Waals surface area contributed by atoms with Gasteiger partial charge in [-0.05, 0) is 30.9 Å². The fraction of sp³-hybridized carbons (Fsp3) is 0.400. The highest BCUT2D eigenvalue weighted by atomic mass is 15.9. The van der Waals surface area contributed by atoms with Crippen LogP contribution in [0.15, 0.2) is 35.7 Å². The average molecular weight is 190 g/mol. The molecule has 0 aromatic carbocycles. The minimum absolute atomic E-state index is 0.484. The monoisotopic (exact) mass is 190 g/mol. The van der Waals surface area contributed by atoms with Crippen LogP contribution in [0.5, 0.6) is 0 Å². The Morgan fingerprint density at radius 2 is 2.43 bits per heavy atom. The van der Waals surface area contributed by atoms with Crippen LogP contribution in [0.3, 0.4) is 0 Å². The van der Waals surface area contributed by atoms with Crippen LogP contribution in [-0.4, -0.2) is 11.1 Å². The molecule has 74 valence electrons. The molecule has 0 aromatic heterocycles. The van der Waals surface area contributed by atoms with Gasteiger partial charge >= 0.3 is 0 Å². The van der Waals surface area contributed by atoms with E-state index in [0.29, 0.717) is 6.04 Å². The lowest BCUT2D eigenvalue weighted by Gasteiger charge is -2.23. The molecule has 4 nitrogen and oxygen atoms in total. The maximum Gasteiger partial charge on any atom is 0.133 e. The van der Waals surface area contributed by atoms with Crippen molar-refractivity contribution in [2.75, 3.05) is 0 Å². The average Bonchev–Trinajstić information content (AvgIpc) is 2.67. The smallest absolute Gasteiger partial charge is 0.133 e. The van der Waals surface area contributed by atoms with E-state index in [-0.39, 0.29) is 0 Å². The van der Waals surface area contributed by atoms with Crippen LogP contribution in [-0.2, 0) is 0 Å². The first-order valence-electron chi connectivity index (χ1n) is 5.09. The first-order chi connectivity index (χ1) is 6.95. The Labute approximate surface area is 83.3 Å². The second-order valence-corrected chi connectivity index (χ2v) is 3.80. The minimum atomic E-state index is 0.484. The Morgan fingerprint density at radius 1 is 1.43 bits per heavy atom. The van der Waals surface area contributed by atoms with E-state index >= 15 is 0 Å². The first-order valence-corrected chi connectivity index (χ1v) is 5.09. The zero-order valence-electron chi connectivity index (χ0n) is 7.96. The van der Waals surface area contributed by atoms with E-state index in [9.17, 15) is 0 Å². The number of allylic oxidation sites excluding steroid dienone is 3. The highest BCUT2D eigenvalue weighted by Gasteiger charge is 2.32. The summed E-state index contributed by atoms with van der Waals surface area (Å²) < 4.78 is 0. The summed E-state index contributed by atoms with van der Waals surface area (Å²) in [5.41, 5.74) is 10.5. The van der Waals surface area contributed by atoms with Gasteiger partial charge in [-0.2, -0.15) is 5.53 Å². The molecular weight excluding hydrogens is 176 g/mol. The SMILES string of the molecule is C1=C2NNNN2C2CCC/C=C\C=C\12. The fourth-order valence-electron chi connectivity index (χ4n) is 2.19. The standard InChI is InChI=1S/C10H14N4/c1-2-4-6-9-8(5-3-1)7-10-11-12-13-14(9)10/h1,3,5,7,9,11-13H,2,4,6H2/b3-1-,8-5-. The first kappa shape index (κ1) is 8.08. The number of fused-ring (bicyclic) bond motifs is 3. The molecule has 1 atom stereocenters. The lowest BCUT2D eigenvalue weighted by molar-refractivity contribution is 0.220. The van der Waals surface area contributed by atoms with Crippen LogP contribution in [0.2, 0.25) is 0 Å². The maximum atomic E-state index is 3.10. The van der Waals surface area contributed by atoms with Crippen molar-refractivity contribution in [2.45, 2.75) is 25.3 Å². The summed E-state index contributed by atoms with van der Waals surface area (Å²) in [6, 6.07) is 0.484. The van der Waals surface area contributed by atoms with E-state index < -0.39 is 0 Å². The van der Waals surface area contributed by atoms with Crippen LogP contribution in [0, 0.1) is 0 Å². The van der Waals surface area contributed by atoms with Crippen LogP contribution in [0.1, 0.15) is 19.3 Å². The van der Waals surface area contributed by atoms with Crippen molar-refractivity contribution in [2.24, 2.45) is 0 Å². The Kier molecular flexibility index (Phi) is 1.82. The van der Waals surface area contributed by atoms with E-state index in [1.54, 1.807) is 0 Å². The zero-order chi connectivity index (χ0) is 9.38. The third-order valence-electron chi connectivity index (χ3n) is 2.90. The van der Waals surface area contributed by atoms with E-state index in [0.717, 1.165) is 5.82 Å².